The predicted molar refractivity (Wildman–Crippen MR) is 84.2 cm³/mol. The van der Waals surface area contributed by atoms with Gasteiger partial charge in [0.1, 0.15) is 4.33 Å². The van der Waals surface area contributed by atoms with Crippen molar-refractivity contribution in [3.8, 4) is 0 Å². The number of rotatable bonds is 3. The SMILES string of the molecule is CCCc1nc2c(cc1CC)[C@H]1CC(Cl)(Cl)C13[C@H](Cl)[C@H]23. The molecule has 4 rings (SSSR count). The van der Waals surface area contributed by atoms with Crippen molar-refractivity contribution >= 4 is 34.8 Å². The lowest BCUT2D eigenvalue weighted by Gasteiger charge is -2.47. The average molecular weight is 331 g/mol. The van der Waals surface area contributed by atoms with Crippen molar-refractivity contribution in [2.75, 3.05) is 0 Å². The van der Waals surface area contributed by atoms with E-state index in [4.69, 9.17) is 39.8 Å². The van der Waals surface area contributed by atoms with Gasteiger partial charge < -0.3 is 0 Å². The first kappa shape index (κ1) is 13.7. The van der Waals surface area contributed by atoms with Crippen molar-refractivity contribution in [1.29, 1.82) is 0 Å². The molecule has 4 heteroatoms. The highest BCUT2D eigenvalue weighted by Gasteiger charge is 2.87. The summed E-state index contributed by atoms with van der Waals surface area (Å²) < 4.78 is -0.660. The number of aryl methyl sites for hydroxylation is 2. The molecule has 0 aliphatic heterocycles. The van der Waals surface area contributed by atoms with Crippen molar-refractivity contribution in [2.45, 2.75) is 61.1 Å². The van der Waals surface area contributed by atoms with Gasteiger partial charge in [-0.2, -0.15) is 0 Å². The quantitative estimate of drug-likeness (QED) is 0.714. The van der Waals surface area contributed by atoms with Crippen molar-refractivity contribution in [1.82, 2.24) is 4.98 Å². The average Bonchev–Trinajstić information content (AvgIpc) is 2.97. The summed E-state index contributed by atoms with van der Waals surface area (Å²) in [6, 6.07) is 2.36. The van der Waals surface area contributed by atoms with E-state index in [1.807, 2.05) is 0 Å². The number of hydrogen-bond donors (Lipinski definition) is 0. The molecule has 0 saturated heterocycles. The highest BCUT2D eigenvalue weighted by atomic mass is 35.5. The van der Waals surface area contributed by atoms with E-state index in [0.29, 0.717) is 5.92 Å². The maximum atomic E-state index is 6.55. The minimum atomic E-state index is -0.660. The van der Waals surface area contributed by atoms with Crippen LogP contribution in [0.25, 0.3) is 0 Å². The fourth-order valence-electron chi connectivity index (χ4n) is 4.57. The number of alkyl halides is 3. The Hall–Kier alpha value is 0.0200. The summed E-state index contributed by atoms with van der Waals surface area (Å²) in [6.07, 6.45) is 4.02. The Bertz CT molecular complexity index is 598. The van der Waals surface area contributed by atoms with Crippen LogP contribution in [0.3, 0.4) is 0 Å². The number of nitrogens with zero attached hydrogens (tertiary/aromatic N) is 1. The molecule has 0 radical (unpaired) electrons. The minimum Gasteiger partial charge on any atom is -0.257 e. The van der Waals surface area contributed by atoms with Crippen LogP contribution in [0.5, 0.6) is 0 Å². The second-order valence-electron chi connectivity index (χ2n) is 6.45. The molecule has 1 spiro atoms. The number of hydrogen-bond acceptors (Lipinski definition) is 1. The minimum absolute atomic E-state index is 0.0678. The van der Waals surface area contributed by atoms with Crippen LogP contribution in [0.4, 0.5) is 0 Å². The second kappa shape index (κ2) is 4.06. The molecule has 0 bridgehead atoms. The van der Waals surface area contributed by atoms with Gasteiger partial charge in [-0.05, 0) is 36.3 Å². The molecule has 4 atom stereocenters. The molecule has 1 aromatic heterocycles. The lowest BCUT2D eigenvalue weighted by molar-refractivity contribution is 0.212. The maximum Gasteiger partial charge on any atom is 0.127 e. The maximum absolute atomic E-state index is 6.55. The Labute approximate surface area is 135 Å². The lowest BCUT2D eigenvalue weighted by Crippen LogP contribution is -2.47. The Balaban J connectivity index is 1.83. The summed E-state index contributed by atoms with van der Waals surface area (Å²) in [7, 11) is 0. The predicted octanol–water partition coefficient (Wildman–Crippen LogP) is 4.96. The van der Waals surface area contributed by atoms with E-state index in [-0.39, 0.29) is 16.7 Å². The molecule has 1 aromatic rings. The van der Waals surface area contributed by atoms with E-state index >= 15 is 0 Å². The zero-order chi connectivity index (χ0) is 14.3. The molecule has 2 fully saturated rings. The first-order valence-corrected chi connectivity index (χ1v) is 8.72. The van der Waals surface area contributed by atoms with Gasteiger partial charge in [0, 0.05) is 22.7 Å². The molecule has 0 N–H and O–H groups in total. The first-order chi connectivity index (χ1) is 9.49. The zero-order valence-corrected chi connectivity index (χ0v) is 14.0. The molecular weight excluding hydrogens is 313 g/mol. The van der Waals surface area contributed by atoms with Crippen LogP contribution in [0.1, 0.15) is 61.0 Å². The molecular formula is C16H18Cl3N. The van der Waals surface area contributed by atoms with Crippen LogP contribution in [0.2, 0.25) is 0 Å². The Morgan fingerprint density at radius 3 is 2.70 bits per heavy atom. The van der Waals surface area contributed by atoms with E-state index in [1.165, 1.54) is 22.5 Å². The van der Waals surface area contributed by atoms with Gasteiger partial charge in [0.05, 0.1) is 5.38 Å². The smallest absolute Gasteiger partial charge is 0.127 e. The van der Waals surface area contributed by atoms with Crippen LogP contribution in [-0.2, 0) is 12.8 Å². The zero-order valence-electron chi connectivity index (χ0n) is 11.7. The molecule has 3 aliphatic carbocycles. The third-order valence-electron chi connectivity index (χ3n) is 5.61. The van der Waals surface area contributed by atoms with Gasteiger partial charge >= 0.3 is 0 Å². The van der Waals surface area contributed by atoms with Crippen LogP contribution >= 0.6 is 34.8 Å². The van der Waals surface area contributed by atoms with Crippen molar-refractivity contribution in [2.24, 2.45) is 5.41 Å². The number of pyridine rings is 1. The topological polar surface area (TPSA) is 12.9 Å². The fraction of sp³-hybridized carbons (Fsp3) is 0.688. The molecule has 2 saturated carbocycles. The van der Waals surface area contributed by atoms with Gasteiger partial charge in [0.25, 0.3) is 0 Å². The van der Waals surface area contributed by atoms with Crippen molar-refractivity contribution in [3.05, 3.63) is 28.6 Å². The second-order valence-corrected chi connectivity index (χ2v) is 8.40. The monoisotopic (exact) mass is 329 g/mol. The van der Waals surface area contributed by atoms with Gasteiger partial charge in [-0.3, -0.25) is 4.98 Å². The largest absolute Gasteiger partial charge is 0.257 e. The van der Waals surface area contributed by atoms with Crippen LogP contribution in [0, 0.1) is 5.41 Å². The van der Waals surface area contributed by atoms with Crippen LogP contribution in [-0.4, -0.2) is 14.7 Å². The summed E-state index contributed by atoms with van der Waals surface area (Å²) in [4.78, 5) is 4.99. The number of fused-ring (bicyclic) bond motifs is 3. The van der Waals surface area contributed by atoms with E-state index in [1.54, 1.807) is 0 Å². The molecule has 0 amide bonds. The summed E-state index contributed by atoms with van der Waals surface area (Å²) in [6.45, 7) is 4.40. The summed E-state index contributed by atoms with van der Waals surface area (Å²) in [5.74, 6) is 0.697. The Morgan fingerprint density at radius 1 is 1.35 bits per heavy atom. The van der Waals surface area contributed by atoms with Gasteiger partial charge in [0.15, 0.2) is 0 Å². The third kappa shape index (κ3) is 1.31. The molecule has 1 unspecified atom stereocenters. The van der Waals surface area contributed by atoms with E-state index in [0.717, 1.165) is 25.7 Å². The van der Waals surface area contributed by atoms with E-state index in [2.05, 4.69) is 19.9 Å². The van der Waals surface area contributed by atoms with Crippen LogP contribution < -0.4 is 0 Å². The van der Waals surface area contributed by atoms with Gasteiger partial charge in [-0.25, -0.2) is 0 Å². The summed E-state index contributed by atoms with van der Waals surface area (Å²) in [5.41, 5.74) is 5.08. The van der Waals surface area contributed by atoms with Crippen LogP contribution in [0.15, 0.2) is 6.07 Å². The number of halogens is 3. The van der Waals surface area contributed by atoms with Gasteiger partial charge in [0.2, 0.25) is 0 Å². The summed E-state index contributed by atoms with van der Waals surface area (Å²) in [5, 5.41) is 0.0678. The summed E-state index contributed by atoms with van der Waals surface area (Å²) >= 11 is 19.5. The van der Waals surface area contributed by atoms with E-state index < -0.39 is 4.33 Å². The normalized spacial score (nSPS) is 38.8. The Morgan fingerprint density at radius 2 is 2.10 bits per heavy atom. The molecule has 0 aromatic carbocycles. The molecule has 1 heterocycles. The standard InChI is InChI=1S/C16H18Cl3N/c1-3-5-11-8(4-2)6-9-10-7-15(18,19)16(10)12(14(16)17)13(9)20-11/h6,10,12,14H,3-5,7H2,1-2H3/t10-,12+,14-,16?/m1/s1. The van der Waals surface area contributed by atoms with Gasteiger partial charge in [-0.1, -0.05) is 26.3 Å². The van der Waals surface area contributed by atoms with Gasteiger partial charge in [-0.15, -0.1) is 34.8 Å². The third-order valence-corrected chi connectivity index (χ3v) is 7.19. The van der Waals surface area contributed by atoms with Crippen molar-refractivity contribution in [3.63, 3.8) is 0 Å². The lowest BCUT2D eigenvalue weighted by atomic mass is 9.68. The fourth-order valence-corrected chi connectivity index (χ4v) is 6.46. The molecule has 20 heavy (non-hydrogen) atoms. The number of aromatic nitrogens is 1. The van der Waals surface area contributed by atoms with E-state index in [9.17, 15) is 0 Å². The Kier molecular flexibility index (Phi) is 2.77. The molecule has 108 valence electrons. The highest BCUT2D eigenvalue weighted by molar-refractivity contribution is 6.51. The molecule has 1 nitrogen and oxygen atoms in total. The molecule has 3 aliphatic rings. The highest BCUT2D eigenvalue weighted by Crippen LogP contribution is 2.88. The van der Waals surface area contributed by atoms with Crippen molar-refractivity contribution < 1.29 is 0 Å². The first-order valence-electron chi connectivity index (χ1n) is 7.53.